The molecule has 32 heavy (non-hydrogen) atoms. The zero-order chi connectivity index (χ0) is 23.0. The van der Waals surface area contributed by atoms with Gasteiger partial charge in [0.15, 0.2) is 5.84 Å². The van der Waals surface area contributed by atoms with Crippen molar-refractivity contribution in [3.8, 4) is 10.4 Å². The highest BCUT2D eigenvalue weighted by Gasteiger charge is 2.26. The molecule has 0 saturated heterocycles. The highest BCUT2D eigenvalue weighted by atomic mass is 32.1. The second-order valence-electron chi connectivity index (χ2n) is 8.34. The van der Waals surface area contributed by atoms with Gasteiger partial charge in [0.1, 0.15) is 17.3 Å². The third-order valence-corrected chi connectivity index (χ3v) is 6.76. The number of halogens is 1. The molecule has 2 aromatic heterocycles. The van der Waals surface area contributed by atoms with Crippen LogP contribution in [0.2, 0.25) is 0 Å². The molecule has 1 aliphatic carbocycles. The smallest absolute Gasteiger partial charge is 0.259 e. The third kappa shape index (κ3) is 4.56. The number of carbonyl (C=O) groups excluding carboxylic acids is 1. The normalized spacial score (nSPS) is 13.3. The summed E-state index contributed by atoms with van der Waals surface area (Å²) in [5.74, 6) is 5.63. The Morgan fingerprint density at radius 3 is 2.72 bits per heavy atom. The van der Waals surface area contributed by atoms with E-state index in [0.717, 1.165) is 16.0 Å². The van der Waals surface area contributed by atoms with Gasteiger partial charge >= 0.3 is 0 Å². The summed E-state index contributed by atoms with van der Waals surface area (Å²) in [5, 5.41) is 12.1. The van der Waals surface area contributed by atoms with Gasteiger partial charge in [-0.25, -0.2) is 15.2 Å². The standard InChI is InChI=1S/C24H26FN5OS/c1-13(2)30(27)23(26)19-5-4-6-22(28-19)29-24(31)17-12-16(14(3)11-18(17)25)21-10-9-20(32-21)15-7-8-15/h4-6,9-13,15,26H,7-8,27H2,1-3H3,(H,28,29,31). The molecule has 1 fully saturated rings. The molecule has 1 aromatic carbocycles. The molecule has 0 atom stereocenters. The van der Waals surface area contributed by atoms with E-state index >= 15 is 0 Å². The van der Waals surface area contributed by atoms with Gasteiger partial charge in [-0.3, -0.25) is 15.2 Å². The predicted molar refractivity (Wildman–Crippen MR) is 127 cm³/mol. The molecule has 0 unspecified atom stereocenters. The molecule has 8 heteroatoms. The summed E-state index contributed by atoms with van der Waals surface area (Å²) < 4.78 is 14.7. The Bertz CT molecular complexity index is 1180. The Morgan fingerprint density at radius 2 is 2.03 bits per heavy atom. The largest absolute Gasteiger partial charge is 0.306 e. The molecule has 1 amide bonds. The summed E-state index contributed by atoms with van der Waals surface area (Å²) in [6, 6.07) is 12.0. The van der Waals surface area contributed by atoms with Crippen molar-refractivity contribution in [1.82, 2.24) is 9.99 Å². The first-order valence-electron chi connectivity index (χ1n) is 10.6. The molecule has 3 aromatic rings. The number of hydrazine groups is 1. The number of carbonyl (C=O) groups is 1. The van der Waals surface area contributed by atoms with E-state index in [1.807, 2.05) is 26.8 Å². The lowest BCUT2D eigenvalue weighted by atomic mass is 10.0. The van der Waals surface area contributed by atoms with E-state index in [2.05, 4.69) is 16.4 Å². The molecule has 4 N–H and O–H groups in total. The number of aromatic nitrogens is 1. The van der Waals surface area contributed by atoms with E-state index < -0.39 is 11.7 Å². The van der Waals surface area contributed by atoms with E-state index in [0.29, 0.717) is 11.6 Å². The average Bonchev–Trinajstić information content (AvgIpc) is 3.50. The fourth-order valence-electron chi connectivity index (χ4n) is 3.41. The SMILES string of the molecule is Cc1cc(F)c(C(=O)Nc2cccc(C(=N)N(N)C(C)C)n2)cc1-c1ccc(C2CC2)s1. The zero-order valence-electron chi connectivity index (χ0n) is 18.3. The van der Waals surface area contributed by atoms with Crippen molar-refractivity contribution in [2.75, 3.05) is 5.32 Å². The lowest BCUT2D eigenvalue weighted by Crippen LogP contribution is -2.43. The zero-order valence-corrected chi connectivity index (χ0v) is 19.1. The van der Waals surface area contributed by atoms with E-state index in [4.69, 9.17) is 11.3 Å². The van der Waals surface area contributed by atoms with Crippen LogP contribution in [0.3, 0.4) is 0 Å². The van der Waals surface area contributed by atoms with Crippen molar-refractivity contribution in [1.29, 1.82) is 5.41 Å². The highest BCUT2D eigenvalue weighted by molar-refractivity contribution is 7.15. The van der Waals surface area contributed by atoms with Crippen molar-refractivity contribution in [3.05, 3.63) is 70.0 Å². The van der Waals surface area contributed by atoms with Gasteiger partial charge < -0.3 is 5.32 Å². The van der Waals surface area contributed by atoms with Gasteiger partial charge in [0.05, 0.1) is 5.56 Å². The van der Waals surface area contributed by atoms with Gasteiger partial charge in [0.2, 0.25) is 0 Å². The number of anilines is 1. The van der Waals surface area contributed by atoms with Crippen molar-refractivity contribution < 1.29 is 9.18 Å². The minimum absolute atomic E-state index is 0.0315. The maximum Gasteiger partial charge on any atom is 0.259 e. The number of nitrogens with one attached hydrogen (secondary N) is 2. The Hall–Kier alpha value is -3.10. The molecule has 0 aliphatic heterocycles. The van der Waals surface area contributed by atoms with Crippen LogP contribution in [0, 0.1) is 18.2 Å². The Morgan fingerprint density at radius 1 is 1.28 bits per heavy atom. The van der Waals surface area contributed by atoms with Crippen molar-refractivity contribution >= 4 is 28.9 Å². The quantitative estimate of drug-likeness (QED) is 0.205. The second kappa shape index (κ2) is 8.80. The number of amidine groups is 1. The average molecular weight is 452 g/mol. The summed E-state index contributed by atoms with van der Waals surface area (Å²) in [5.41, 5.74) is 1.91. The van der Waals surface area contributed by atoms with Crippen LogP contribution in [0.25, 0.3) is 10.4 Å². The van der Waals surface area contributed by atoms with Gasteiger partial charge in [-0.2, -0.15) is 0 Å². The molecule has 166 valence electrons. The fourth-order valence-corrected chi connectivity index (χ4v) is 4.67. The Kier molecular flexibility index (Phi) is 6.08. The van der Waals surface area contributed by atoms with Crippen LogP contribution in [0.5, 0.6) is 0 Å². The van der Waals surface area contributed by atoms with Crippen molar-refractivity contribution in [2.45, 2.75) is 45.6 Å². The topological polar surface area (TPSA) is 95.1 Å². The highest BCUT2D eigenvalue weighted by Crippen LogP contribution is 2.45. The van der Waals surface area contributed by atoms with E-state index in [-0.39, 0.29) is 23.3 Å². The summed E-state index contributed by atoms with van der Waals surface area (Å²) in [4.78, 5) is 19.6. The third-order valence-electron chi connectivity index (χ3n) is 5.48. The minimum Gasteiger partial charge on any atom is -0.306 e. The monoisotopic (exact) mass is 451 g/mol. The Labute approximate surface area is 190 Å². The number of hydrogen-bond donors (Lipinski definition) is 3. The van der Waals surface area contributed by atoms with Crippen LogP contribution in [0.4, 0.5) is 10.2 Å². The van der Waals surface area contributed by atoms with Crippen LogP contribution in [0.1, 0.15) is 59.1 Å². The van der Waals surface area contributed by atoms with Crippen molar-refractivity contribution in [3.63, 3.8) is 0 Å². The first kappa shape index (κ1) is 22.1. The summed E-state index contributed by atoms with van der Waals surface area (Å²) in [6.07, 6.45) is 2.44. The summed E-state index contributed by atoms with van der Waals surface area (Å²) >= 11 is 1.70. The maximum atomic E-state index is 14.7. The number of pyridine rings is 1. The number of benzene rings is 1. The molecular weight excluding hydrogens is 425 g/mol. The number of aryl methyl sites for hydroxylation is 1. The van der Waals surface area contributed by atoms with E-state index in [1.54, 1.807) is 35.6 Å². The lowest BCUT2D eigenvalue weighted by molar-refractivity contribution is 0.102. The predicted octanol–water partition coefficient (Wildman–Crippen LogP) is 5.30. The minimum atomic E-state index is -0.590. The second-order valence-corrected chi connectivity index (χ2v) is 9.45. The van der Waals surface area contributed by atoms with Crippen LogP contribution < -0.4 is 11.2 Å². The molecule has 0 radical (unpaired) electrons. The number of nitrogens with two attached hydrogens (primary N) is 1. The lowest BCUT2D eigenvalue weighted by Gasteiger charge is -2.23. The molecule has 2 heterocycles. The van der Waals surface area contributed by atoms with Crippen LogP contribution in [0.15, 0.2) is 42.5 Å². The summed E-state index contributed by atoms with van der Waals surface area (Å²) in [7, 11) is 0. The van der Waals surface area contributed by atoms with E-state index in [1.165, 1.54) is 28.8 Å². The van der Waals surface area contributed by atoms with Crippen LogP contribution in [-0.2, 0) is 0 Å². The molecule has 0 bridgehead atoms. The van der Waals surface area contributed by atoms with E-state index in [9.17, 15) is 9.18 Å². The number of thiophene rings is 1. The number of hydrogen-bond acceptors (Lipinski definition) is 5. The van der Waals surface area contributed by atoms with Crippen molar-refractivity contribution in [2.24, 2.45) is 5.84 Å². The number of amides is 1. The molecule has 1 aliphatic rings. The molecule has 0 spiro atoms. The first-order chi connectivity index (χ1) is 15.2. The van der Waals surface area contributed by atoms with Crippen LogP contribution in [-0.4, -0.2) is 27.8 Å². The van der Waals surface area contributed by atoms with Gasteiger partial charge in [-0.1, -0.05) is 6.07 Å². The van der Waals surface area contributed by atoms with Gasteiger partial charge in [0, 0.05) is 15.8 Å². The van der Waals surface area contributed by atoms with Crippen LogP contribution >= 0.6 is 11.3 Å². The maximum absolute atomic E-state index is 14.7. The molecule has 6 nitrogen and oxygen atoms in total. The van der Waals surface area contributed by atoms with Gasteiger partial charge in [0.25, 0.3) is 5.91 Å². The first-order valence-corrected chi connectivity index (χ1v) is 11.4. The molecular formula is C24H26FN5OS. The Balaban J connectivity index is 1.58. The number of rotatable bonds is 6. The number of nitrogens with zero attached hydrogens (tertiary/aromatic N) is 2. The molecule has 1 saturated carbocycles. The fraction of sp³-hybridized carbons (Fsp3) is 0.292. The molecule has 4 rings (SSSR count). The van der Waals surface area contributed by atoms with Gasteiger partial charge in [-0.05, 0) is 87.1 Å². The summed E-state index contributed by atoms with van der Waals surface area (Å²) in [6.45, 7) is 5.57. The van der Waals surface area contributed by atoms with Gasteiger partial charge in [-0.15, -0.1) is 11.3 Å².